The van der Waals surface area contributed by atoms with E-state index in [1.54, 1.807) is 6.20 Å². The average molecular weight is 364 g/mol. The lowest BCUT2D eigenvalue weighted by molar-refractivity contribution is -0.157. The molecule has 8 N–H and O–H groups in total. The molecule has 0 saturated carbocycles. The molecule has 0 aliphatic carbocycles. The van der Waals surface area contributed by atoms with Gasteiger partial charge >= 0.3 is 5.97 Å². The Balaban J connectivity index is 1.94. The second-order valence-corrected chi connectivity index (χ2v) is 6.82. The Bertz CT molecular complexity index is 794. The number of carbonyl (C=O) groups is 1. The van der Waals surface area contributed by atoms with Crippen molar-refractivity contribution in [3.8, 4) is 0 Å². The first-order valence-corrected chi connectivity index (χ1v) is 8.43. The maximum Gasteiger partial charge on any atom is 0.323 e. The first-order valence-electron chi connectivity index (χ1n) is 8.43. The Morgan fingerprint density at radius 2 is 2.15 bits per heavy atom. The third-order valence-electron chi connectivity index (χ3n) is 4.77. The predicted molar refractivity (Wildman–Crippen MR) is 93.8 cm³/mol. The largest absolute Gasteiger partial charge is 0.456 e. The van der Waals surface area contributed by atoms with Gasteiger partial charge in [-0.2, -0.15) is 0 Å². The van der Waals surface area contributed by atoms with Crippen LogP contribution in [0.5, 0.6) is 0 Å². The fraction of sp³-hybridized carbons (Fsp3) is 0.562. The predicted octanol–water partition coefficient (Wildman–Crippen LogP) is -1.20. The van der Waals surface area contributed by atoms with Crippen molar-refractivity contribution in [1.29, 1.82) is 0 Å². The summed E-state index contributed by atoms with van der Waals surface area (Å²) in [6, 6.07) is -2.05. The highest BCUT2D eigenvalue weighted by Gasteiger charge is 2.46. The lowest BCUT2D eigenvalue weighted by atomic mass is 10.0. The SMILES string of the molecule is CC(C)C(N)C(=O)O[C@@H]1[C@@H](O)[C@H](CO)N[C@H]1c1c[nH]c2c(N)ncnc12. The maximum absolute atomic E-state index is 12.3. The topological polar surface area (TPSA) is 172 Å². The van der Waals surface area contributed by atoms with Crippen molar-refractivity contribution >= 4 is 22.8 Å². The van der Waals surface area contributed by atoms with Crippen LogP contribution in [0.25, 0.3) is 11.0 Å². The number of esters is 1. The monoisotopic (exact) mass is 364 g/mol. The molecule has 0 bridgehead atoms. The van der Waals surface area contributed by atoms with Crippen LogP contribution in [-0.4, -0.2) is 62.0 Å². The minimum atomic E-state index is -1.10. The molecule has 26 heavy (non-hydrogen) atoms. The fourth-order valence-corrected chi connectivity index (χ4v) is 3.12. The Morgan fingerprint density at radius 1 is 1.42 bits per heavy atom. The van der Waals surface area contributed by atoms with E-state index in [1.807, 2.05) is 13.8 Å². The zero-order valence-corrected chi connectivity index (χ0v) is 14.6. The lowest BCUT2D eigenvalue weighted by Crippen LogP contribution is -2.43. The zero-order valence-electron chi connectivity index (χ0n) is 14.6. The minimum Gasteiger partial charge on any atom is -0.456 e. The molecule has 2 aromatic rings. The van der Waals surface area contributed by atoms with E-state index in [1.165, 1.54) is 6.33 Å². The second kappa shape index (κ2) is 7.16. The van der Waals surface area contributed by atoms with Gasteiger partial charge in [0.1, 0.15) is 30.1 Å². The van der Waals surface area contributed by atoms with Crippen molar-refractivity contribution in [3.05, 3.63) is 18.1 Å². The van der Waals surface area contributed by atoms with E-state index in [-0.39, 0.29) is 18.3 Å². The van der Waals surface area contributed by atoms with Crippen LogP contribution >= 0.6 is 0 Å². The number of aromatic amines is 1. The van der Waals surface area contributed by atoms with E-state index in [9.17, 15) is 15.0 Å². The number of rotatable bonds is 5. The molecule has 0 radical (unpaired) electrons. The number of nitrogen functional groups attached to an aromatic ring is 1. The second-order valence-electron chi connectivity index (χ2n) is 6.82. The van der Waals surface area contributed by atoms with E-state index in [0.29, 0.717) is 16.6 Å². The number of fused-ring (bicyclic) bond motifs is 1. The first-order chi connectivity index (χ1) is 12.3. The summed E-state index contributed by atoms with van der Waals surface area (Å²) in [7, 11) is 0. The molecule has 1 unspecified atom stereocenters. The standard InChI is InChI=1S/C16H24N6O4/c1-6(2)9(17)16(25)26-14-11(22-8(4-23)13(14)24)7-3-19-12-10(7)20-5-21-15(12)18/h3,5-6,8-9,11,13-14,19,22-24H,4,17H2,1-2H3,(H2,18,20,21)/t8-,9?,11-,13-,14-/m0/s1. The number of aromatic nitrogens is 3. The van der Waals surface area contributed by atoms with Crippen molar-refractivity contribution in [2.75, 3.05) is 12.3 Å². The van der Waals surface area contributed by atoms with Crippen LogP contribution in [0.3, 0.4) is 0 Å². The summed E-state index contributed by atoms with van der Waals surface area (Å²) >= 11 is 0. The number of hydrogen-bond acceptors (Lipinski definition) is 9. The number of ether oxygens (including phenoxy) is 1. The number of nitrogens with two attached hydrogens (primary N) is 2. The van der Waals surface area contributed by atoms with Crippen LogP contribution in [0.4, 0.5) is 5.82 Å². The van der Waals surface area contributed by atoms with Gasteiger partial charge in [-0.3, -0.25) is 10.1 Å². The number of hydrogen-bond donors (Lipinski definition) is 6. The quantitative estimate of drug-likeness (QED) is 0.356. The summed E-state index contributed by atoms with van der Waals surface area (Å²) < 4.78 is 5.52. The van der Waals surface area contributed by atoms with E-state index in [2.05, 4.69) is 20.3 Å². The molecule has 3 heterocycles. The Hall–Kier alpha value is -2.27. The molecular weight excluding hydrogens is 340 g/mol. The number of anilines is 1. The summed E-state index contributed by atoms with van der Waals surface area (Å²) in [5.41, 5.74) is 13.5. The number of aliphatic hydroxyl groups is 2. The molecule has 0 amide bonds. The van der Waals surface area contributed by atoms with Crippen LogP contribution in [-0.2, 0) is 9.53 Å². The zero-order chi connectivity index (χ0) is 19.0. The Morgan fingerprint density at radius 3 is 2.81 bits per heavy atom. The van der Waals surface area contributed by atoms with Gasteiger partial charge in [-0.15, -0.1) is 0 Å². The smallest absolute Gasteiger partial charge is 0.323 e. The van der Waals surface area contributed by atoms with Gasteiger partial charge in [0.25, 0.3) is 0 Å². The van der Waals surface area contributed by atoms with Gasteiger partial charge in [0.15, 0.2) is 5.82 Å². The molecule has 10 nitrogen and oxygen atoms in total. The van der Waals surface area contributed by atoms with Crippen LogP contribution in [0.2, 0.25) is 0 Å². The summed E-state index contributed by atoms with van der Waals surface area (Å²) in [6.45, 7) is 3.30. The number of nitrogens with zero attached hydrogens (tertiary/aromatic N) is 2. The Labute approximate surface area is 149 Å². The van der Waals surface area contributed by atoms with Crippen molar-refractivity contribution in [1.82, 2.24) is 20.3 Å². The van der Waals surface area contributed by atoms with Gasteiger partial charge < -0.3 is 31.4 Å². The van der Waals surface area contributed by atoms with Crippen molar-refractivity contribution < 1.29 is 19.7 Å². The lowest BCUT2D eigenvalue weighted by Gasteiger charge is -2.24. The molecule has 1 aliphatic heterocycles. The molecule has 5 atom stereocenters. The average Bonchev–Trinajstić information content (AvgIpc) is 3.17. The Kier molecular flexibility index (Phi) is 5.10. The van der Waals surface area contributed by atoms with Crippen LogP contribution in [0, 0.1) is 5.92 Å². The van der Waals surface area contributed by atoms with Crippen molar-refractivity contribution in [2.45, 2.75) is 44.2 Å². The number of H-pyrrole nitrogens is 1. The van der Waals surface area contributed by atoms with Crippen LogP contribution in [0.1, 0.15) is 25.5 Å². The van der Waals surface area contributed by atoms with E-state index >= 15 is 0 Å². The number of nitrogens with one attached hydrogen (secondary N) is 2. The maximum atomic E-state index is 12.3. The molecule has 0 spiro atoms. The van der Waals surface area contributed by atoms with E-state index < -0.39 is 36.3 Å². The fourth-order valence-electron chi connectivity index (χ4n) is 3.12. The molecular formula is C16H24N6O4. The van der Waals surface area contributed by atoms with Crippen molar-refractivity contribution in [3.63, 3.8) is 0 Å². The summed E-state index contributed by atoms with van der Waals surface area (Å²) in [5, 5.41) is 23.1. The summed E-state index contributed by atoms with van der Waals surface area (Å²) in [5.74, 6) is -0.431. The van der Waals surface area contributed by atoms with E-state index in [4.69, 9.17) is 16.2 Å². The van der Waals surface area contributed by atoms with Gasteiger partial charge in [-0.25, -0.2) is 9.97 Å². The third-order valence-corrected chi connectivity index (χ3v) is 4.77. The molecule has 142 valence electrons. The summed E-state index contributed by atoms with van der Waals surface area (Å²) in [6.07, 6.45) is 0.972. The molecule has 0 aromatic carbocycles. The third kappa shape index (κ3) is 3.12. The molecule has 2 aromatic heterocycles. The highest BCUT2D eigenvalue weighted by Crippen LogP contribution is 2.34. The molecule has 3 rings (SSSR count). The molecule has 10 heteroatoms. The van der Waals surface area contributed by atoms with Gasteiger partial charge in [0.05, 0.1) is 24.2 Å². The van der Waals surface area contributed by atoms with Gasteiger partial charge in [0, 0.05) is 11.8 Å². The summed E-state index contributed by atoms with van der Waals surface area (Å²) in [4.78, 5) is 23.5. The molecule has 1 fully saturated rings. The minimum absolute atomic E-state index is 0.110. The van der Waals surface area contributed by atoms with Crippen LogP contribution < -0.4 is 16.8 Å². The number of carbonyl (C=O) groups excluding carboxylic acids is 1. The normalized spacial score (nSPS) is 27.2. The van der Waals surface area contributed by atoms with Gasteiger partial charge in [-0.05, 0) is 5.92 Å². The molecule has 1 saturated heterocycles. The molecule has 1 aliphatic rings. The first kappa shape index (κ1) is 18.5. The van der Waals surface area contributed by atoms with Gasteiger partial charge in [0.2, 0.25) is 0 Å². The highest BCUT2D eigenvalue weighted by atomic mass is 16.6. The van der Waals surface area contributed by atoms with E-state index in [0.717, 1.165) is 0 Å². The van der Waals surface area contributed by atoms with Gasteiger partial charge in [-0.1, -0.05) is 13.8 Å². The van der Waals surface area contributed by atoms with Crippen LogP contribution in [0.15, 0.2) is 12.5 Å². The van der Waals surface area contributed by atoms with Crippen molar-refractivity contribution in [2.24, 2.45) is 11.7 Å². The highest BCUT2D eigenvalue weighted by molar-refractivity contribution is 5.87. The number of aliphatic hydroxyl groups excluding tert-OH is 2.